The Labute approximate surface area is 111 Å². The molecule has 3 nitrogen and oxygen atoms in total. The first-order chi connectivity index (χ1) is 9.28. The summed E-state index contributed by atoms with van der Waals surface area (Å²) in [7, 11) is 1.58. The number of hydrogen-bond acceptors (Lipinski definition) is 3. The van der Waals surface area contributed by atoms with Crippen LogP contribution >= 0.6 is 0 Å². The van der Waals surface area contributed by atoms with Gasteiger partial charge in [-0.05, 0) is 23.8 Å². The normalized spacial score (nSPS) is 15.2. The van der Waals surface area contributed by atoms with Gasteiger partial charge in [-0.15, -0.1) is 0 Å². The van der Waals surface area contributed by atoms with E-state index in [2.05, 4.69) is 0 Å². The molecule has 0 amide bonds. The molecule has 0 unspecified atom stereocenters. The SMILES string of the molecule is COc1ccc2c(c1)OC(=O)/C2=C\c1ccccc1. The molecule has 0 aromatic heterocycles. The van der Waals surface area contributed by atoms with Crippen LogP contribution in [0, 0.1) is 0 Å². The predicted octanol–water partition coefficient (Wildman–Crippen LogP) is 3.15. The maximum atomic E-state index is 11.9. The maximum absolute atomic E-state index is 11.9. The molecule has 0 aliphatic carbocycles. The van der Waals surface area contributed by atoms with E-state index in [1.165, 1.54) is 0 Å². The van der Waals surface area contributed by atoms with Crippen LogP contribution in [0.1, 0.15) is 11.1 Å². The molecule has 94 valence electrons. The average molecular weight is 252 g/mol. The number of hydrogen-bond donors (Lipinski definition) is 0. The number of esters is 1. The Kier molecular flexibility index (Phi) is 2.80. The number of benzene rings is 2. The summed E-state index contributed by atoms with van der Waals surface area (Å²) >= 11 is 0. The minimum Gasteiger partial charge on any atom is -0.497 e. The number of carbonyl (C=O) groups is 1. The molecule has 0 spiro atoms. The molecule has 3 heteroatoms. The number of ether oxygens (including phenoxy) is 2. The number of rotatable bonds is 2. The summed E-state index contributed by atoms with van der Waals surface area (Å²) in [6, 6.07) is 15.1. The molecule has 1 aliphatic heterocycles. The molecule has 0 atom stereocenters. The van der Waals surface area contributed by atoms with Crippen LogP contribution < -0.4 is 9.47 Å². The highest BCUT2D eigenvalue weighted by atomic mass is 16.5. The first kappa shape index (κ1) is 11.5. The Morgan fingerprint density at radius 3 is 2.63 bits per heavy atom. The third-order valence-corrected chi connectivity index (χ3v) is 3.01. The zero-order valence-electron chi connectivity index (χ0n) is 10.4. The summed E-state index contributed by atoms with van der Waals surface area (Å²) in [6.45, 7) is 0. The average Bonchev–Trinajstić information content (AvgIpc) is 2.75. The molecule has 1 aliphatic rings. The highest BCUT2D eigenvalue weighted by Crippen LogP contribution is 2.37. The number of methoxy groups -OCH3 is 1. The zero-order valence-corrected chi connectivity index (χ0v) is 10.4. The minimum atomic E-state index is -0.327. The highest BCUT2D eigenvalue weighted by molar-refractivity contribution is 6.26. The van der Waals surface area contributed by atoms with E-state index in [1.807, 2.05) is 48.5 Å². The molecule has 0 saturated carbocycles. The first-order valence-corrected chi connectivity index (χ1v) is 5.95. The van der Waals surface area contributed by atoms with E-state index >= 15 is 0 Å². The molecule has 0 radical (unpaired) electrons. The monoisotopic (exact) mass is 252 g/mol. The van der Waals surface area contributed by atoms with Gasteiger partial charge in [0.1, 0.15) is 11.5 Å². The van der Waals surface area contributed by atoms with Gasteiger partial charge in [0, 0.05) is 11.6 Å². The second kappa shape index (κ2) is 4.61. The van der Waals surface area contributed by atoms with Gasteiger partial charge in [0.05, 0.1) is 12.7 Å². The van der Waals surface area contributed by atoms with E-state index in [0.29, 0.717) is 17.1 Å². The van der Waals surface area contributed by atoms with Crippen LogP contribution in [0.25, 0.3) is 11.6 Å². The maximum Gasteiger partial charge on any atom is 0.344 e. The van der Waals surface area contributed by atoms with Crippen LogP contribution in [0.5, 0.6) is 11.5 Å². The Balaban J connectivity index is 2.06. The second-order valence-electron chi connectivity index (χ2n) is 4.22. The Morgan fingerprint density at radius 2 is 1.89 bits per heavy atom. The highest BCUT2D eigenvalue weighted by Gasteiger charge is 2.27. The molecule has 19 heavy (non-hydrogen) atoms. The van der Waals surface area contributed by atoms with E-state index in [1.54, 1.807) is 13.2 Å². The molecule has 0 fully saturated rings. The second-order valence-corrected chi connectivity index (χ2v) is 4.22. The van der Waals surface area contributed by atoms with Crippen LogP contribution in [0.3, 0.4) is 0 Å². The molecule has 0 bridgehead atoms. The van der Waals surface area contributed by atoms with E-state index in [9.17, 15) is 4.79 Å². The summed E-state index contributed by atoms with van der Waals surface area (Å²) in [6.07, 6.45) is 1.83. The quantitative estimate of drug-likeness (QED) is 0.468. The summed E-state index contributed by atoms with van der Waals surface area (Å²) in [5.74, 6) is 0.895. The lowest BCUT2D eigenvalue weighted by Gasteiger charge is -2.01. The summed E-state index contributed by atoms with van der Waals surface area (Å²) in [5.41, 5.74) is 2.34. The van der Waals surface area contributed by atoms with Crippen molar-refractivity contribution in [2.24, 2.45) is 0 Å². The Bertz CT molecular complexity index is 657. The summed E-state index contributed by atoms with van der Waals surface area (Å²) < 4.78 is 10.4. The van der Waals surface area contributed by atoms with Crippen LogP contribution in [-0.4, -0.2) is 13.1 Å². The fourth-order valence-corrected chi connectivity index (χ4v) is 2.05. The van der Waals surface area contributed by atoms with Crippen LogP contribution in [0.2, 0.25) is 0 Å². The van der Waals surface area contributed by atoms with Crippen LogP contribution in [0.15, 0.2) is 48.5 Å². The Hall–Kier alpha value is -2.55. The van der Waals surface area contributed by atoms with Gasteiger partial charge in [-0.25, -0.2) is 4.79 Å². The summed E-state index contributed by atoms with van der Waals surface area (Å²) in [4.78, 5) is 11.9. The van der Waals surface area contributed by atoms with Crippen molar-refractivity contribution in [2.45, 2.75) is 0 Å². The fraction of sp³-hybridized carbons (Fsp3) is 0.0625. The Morgan fingerprint density at radius 1 is 1.11 bits per heavy atom. The van der Waals surface area contributed by atoms with Crippen molar-refractivity contribution in [3.05, 3.63) is 59.7 Å². The van der Waals surface area contributed by atoms with E-state index in [0.717, 1.165) is 11.1 Å². The number of carbonyl (C=O) groups excluding carboxylic acids is 1. The van der Waals surface area contributed by atoms with Crippen molar-refractivity contribution < 1.29 is 14.3 Å². The first-order valence-electron chi connectivity index (χ1n) is 5.95. The molecule has 3 rings (SSSR count). The molecular weight excluding hydrogens is 240 g/mol. The van der Waals surface area contributed by atoms with Gasteiger partial charge in [0.2, 0.25) is 0 Å². The van der Waals surface area contributed by atoms with Gasteiger partial charge < -0.3 is 9.47 Å². The third kappa shape index (κ3) is 2.10. The fourth-order valence-electron chi connectivity index (χ4n) is 2.05. The van der Waals surface area contributed by atoms with Crippen LogP contribution in [-0.2, 0) is 4.79 Å². The lowest BCUT2D eigenvalue weighted by molar-refractivity contribution is -0.126. The largest absolute Gasteiger partial charge is 0.497 e. The number of fused-ring (bicyclic) bond motifs is 1. The molecule has 0 N–H and O–H groups in total. The van der Waals surface area contributed by atoms with Crippen molar-refractivity contribution in [1.82, 2.24) is 0 Å². The molecule has 2 aromatic rings. The lowest BCUT2D eigenvalue weighted by atomic mass is 10.0. The zero-order chi connectivity index (χ0) is 13.2. The van der Waals surface area contributed by atoms with Gasteiger partial charge in [0.15, 0.2) is 0 Å². The van der Waals surface area contributed by atoms with Crippen molar-refractivity contribution in [1.29, 1.82) is 0 Å². The van der Waals surface area contributed by atoms with Gasteiger partial charge >= 0.3 is 5.97 Å². The van der Waals surface area contributed by atoms with E-state index in [4.69, 9.17) is 9.47 Å². The van der Waals surface area contributed by atoms with Crippen molar-refractivity contribution in [2.75, 3.05) is 7.11 Å². The molecular formula is C16H12O3. The predicted molar refractivity (Wildman–Crippen MR) is 72.9 cm³/mol. The smallest absolute Gasteiger partial charge is 0.344 e. The lowest BCUT2D eigenvalue weighted by Crippen LogP contribution is -2.00. The van der Waals surface area contributed by atoms with E-state index < -0.39 is 0 Å². The van der Waals surface area contributed by atoms with E-state index in [-0.39, 0.29) is 5.97 Å². The van der Waals surface area contributed by atoms with Gasteiger partial charge in [0.25, 0.3) is 0 Å². The minimum absolute atomic E-state index is 0.327. The van der Waals surface area contributed by atoms with Gasteiger partial charge in [-0.3, -0.25) is 0 Å². The summed E-state index contributed by atoms with van der Waals surface area (Å²) in [5, 5.41) is 0. The standard InChI is InChI=1S/C16H12O3/c1-18-12-7-8-13-14(16(17)19-15(13)10-12)9-11-5-3-2-4-6-11/h2-10H,1H3/b14-9-. The van der Waals surface area contributed by atoms with Gasteiger partial charge in [-0.1, -0.05) is 30.3 Å². The third-order valence-electron chi connectivity index (χ3n) is 3.01. The van der Waals surface area contributed by atoms with Crippen molar-refractivity contribution >= 4 is 17.6 Å². The van der Waals surface area contributed by atoms with Crippen molar-refractivity contribution in [3.8, 4) is 11.5 Å². The van der Waals surface area contributed by atoms with Gasteiger partial charge in [-0.2, -0.15) is 0 Å². The molecule has 1 heterocycles. The van der Waals surface area contributed by atoms with Crippen LogP contribution in [0.4, 0.5) is 0 Å². The topological polar surface area (TPSA) is 35.5 Å². The molecule has 2 aromatic carbocycles. The molecule has 0 saturated heterocycles. The van der Waals surface area contributed by atoms with Crippen molar-refractivity contribution in [3.63, 3.8) is 0 Å².